The van der Waals surface area contributed by atoms with Crippen LogP contribution in [0.5, 0.6) is 0 Å². The molecule has 0 aliphatic heterocycles. The molecule has 0 amide bonds. The van der Waals surface area contributed by atoms with Crippen molar-refractivity contribution in [2.75, 3.05) is 0 Å². The largest absolute Gasteiger partial charge is 0.308 e. The maximum atomic E-state index is 2.50. The quantitative estimate of drug-likeness (QED) is 0.188. The molecule has 0 saturated heterocycles. The van der Waals surface area contributed by atoms with Crippen molar-refractivity contribution in [2.45, 2.75) is 19.3 Å². The fourth-order valence-electron chi connectivity index (χ4n) is 8.02. The van der Waals surface area contributed by atoms with Gasteiger partial charge >= 0.3 is 0 Å². The fraction of sp³-hybridized carbons (Fsp3) is 0.0698. The zero-order valence-corrected chi connectivity index (χ0v) is 26.0. The predicted molar refractivity (Wildman–Crippen MR) is 194 cm³/mol. The molecule has 1 nitrogen and oxygen atoms in total. The molecule has 1 aliphatic rings. The number of benzene rings is 7. The maximum Gasteiger partial charge on any atom is 0.0719 e. The zero-order chi connectivity index (χ0) is 29.9. The molecular formula is C43H29NS. The van der Waals surface area contributed by atoms with E-state index in [0.717, 1.165) is 0 Å². The SMILES string of the molecule is CC1(C)c2ccccc2-c2cc(-c3ccc(-n4c5ccc6ccccc6c5c5ccc6c7ccccc7sc6c54)cc3)ccc21. The lowest BCUT2D eigenvalue weighted by Crippen LogP contribution is -2.14. The van der Waals surface area contributed by atoms with E-state index in [1.54, 1.807) is 0 Å². The van der Waals surface area contributed by atoms with E-state index in [9.17, 15) is 0 Å². The Labute approximate surface area is 265 Å². The highest BCUT2D eigenvalue weighted by molar-refractivity contribution is 7.26. The second-order valence-electron chi connectivity index (χ2n) is 12.9. The smallest absolute Gasteiger partial charge is 0.0719 e. The van der Waals surface area contributed by atoms with E-state index in [4.69, 9.17) is 0 Å². The Morgan fingerprint density at radius 2 is 1.24 bits per heavy atom. The van der Waals surface area contributed by atoms with Gasteiger partial charge in [-0.15, -0.1) is 11.3 Å². The molecule has 45 heavy (non-hydrogen) atoms. The Hall–Kier alpha value is -5.18. The number of hydrogen-bond donors (Lipinski definition) is 0. The van der Waals surface area contributed by atoms with Crippen molar-refractivity contribution in [3.8, 4) is 27.9 Å². The monoisotopic (exact) mass is 591 g/mol. The van der Waals surface area contributed by atoms with Crippen LogP contribution >= 0.6 is 11.3 Å². The van der Waals surface area contributed by atoms with Crippen LogP contribution in [0.3, 0.4) is 0 Å². The highest BCUT2D eigenvalue weighted by atomic mass is 32.1. The molecule has 0 saturated carbocycles. The molecular weight excluding hydrogens is 563 g/mol. The summed E-state index contributed by atoms with van der Waals surface area (Å²) in [7, 11) is 0. The molecule has 0 radical (unpaired) electrons. The number of rotatable bonds is 2. The minimum absolute atomic E-state index is 0.0208. The first kappa shape index (κ1) is 25.2. The zero-order valence-electron chi connectivity index (χ0n) is 25.1. The van der Waals surface area contributed by atoms with Gasteiger partial charge in [0, 0.05) is 37.3 Å². The summed E-state index contributed by atoms with van der Waals surface area (Å²) < 4.78 is 5.18. The van der Waals surface area contributed by atoms with Crippen molar-refractivity contribution in [3.05, 3.63) is 151 Å². The van der Waals surface area contributed by atoms with Crippen LogP contribution in [0.25, 0.3) is 80.7 Å². The molecule has 0 bridgehead atoms. The average molecular weight is 592 g/mol. The van der Waals surface area contributed by atoms with Crippen molar-refractivity contribution in [2.24, 2.45) is 0 Å². The van der Waals surface area contributed by atoms with E-state index in [1.165, 1.54) is 91.8 Å². The standard InChI is InChI=1S/C43H29NS/c1-43(2)36-13-7-5-11-31(36)35-25-28(17-23-37(35)43)26-15-19-29(20-16-26)44-38-24-18-27-9-3-4-10-30(27)40(38)34-22-21-33-32-12-6-8-14-39(32)45-42(33)41(34)44/h3-25H,1-2H3. The van der Waals surface area contributed by atoms with Crippen LogP contribution in [0.2, 0.25) is 0 Å². The van der Waals surface area contributed by atoms with Crippen LogP contribution in [0, 0.1) is 0 Å². The first-order chi connectivity index (χ1) is 22.1. The van der Waals surface area contributed by atoms with Crippen LogP contribution in [-0.4, -0.2) is 4.57 Å². The number of nitrogens with zero attached hydrogens (tertiary/aromatic N) is 1. The molecule has 0 atom stereocenters. The molecule has 0 N–H and O–H groups in total. The van der Waals surface area contributed by atoms with Gasteiger partial charge in [0.1, 0.15) is 0 Å². The third-order valence-electron chi connectivity index (χ3n) is 10.2. The third-order valence-corrected chi connectivity index (χ3v) is 11.4. The van der Waals surface area contributed by atoms with Gasteiger partial charge in [0.25, 0.3) is 0 Å². The summed E-state index contributed by atoms with van der Waals surface area (Å²) in [5.41, 5.74) is 11.8. The van der Waals surface area contributed by atoms with Gasteiger partial charge in [0.15, 0.2) is 0 Å². The van der Waals surface area contributed by atoms with Gasteiger partial charge in [-0.2, -0.15) is 0 Å². The summed E-state index contributed by atoms with van der Waals surface area (Å²) >= 11 is 1.91. The summed E-state index contributed by atoms with van der Waals surface area (Å²) in [6.45, 7) is 4.68. The van der Waals surface area contributed by atoms with E-state index in [0.29, 0.717) is 0 Å². The lowest BCUT2D eigenvalue weighted by molar-refractivity contribution is 0.660. The topological polar surface area (TPSA) is 4.93 Å². The molecule has 0 fully saturated rings. The van der Waals surface area contributed by atoms with Crippen LogP contribution in [0.15, 0.2) is 140 Å². The minimum atomic E-state index is 0.0208. The van der Waals surface area contributed by atoms with Crippen molar-refractivity contribution >= 4 is 64.1 Å². The van der Waals surface area contributed by atoms with Crippen molar-refractivity contribution in [1.29, 1.82) is 0 Å². The summed E-state index contributed by atoms with van der Waals surface area (Å²) in [4.78, 5) is 0. The Bertz CT molecular complexity index is 2670. The molecule has 212 valence electrons. The van der Waals surface area contributed by atoms with Gasteiger partial charge in [-0.1, -0.05) is 123 Å². The molecule has 2 heteroatoms. The molecule has 0 spiro atoms. The summed E-state index contributed by atoms with van der Waals surface area (Å²) in [5.74, 6) is 0. The molecule has 2 heterocycles. The number of fused-ring (bicyclic) bond motifs is 12. The lowest BCUT2D eigenvalue weighted by atomic mass is 9.82. The average Bonchev–Trinajstić information content (AvgIpc) is 3.71. The minimum Gasteiger partial charge on any atom is -0.308 e. The van der Waals surface area contributed by atoms with Gasteiger partial charge in [-0.25, -0.2) is 0 Å². The van der Waals surface area contributed by atoms with E-state index in [-0.39, 0.29) is 5.41 Å². The van der Waals surface area contributed by atoms with Gasteiger partial charge in [0.2, 0.25) is 0 Å². The highest BCUT2D eigenvalue weighted by Gasteiger charge is 2.35. The van der Waals surface area contributed by atoms with E-state index < -0.39 is 0 Å². The molecule has 9 aromatic rings. The van der Waals surface area contributed by atoms with E-state index >= 15 is 0 Å². The van der Waals surface area contributed by atoms with Gasteiger partial charge in [-0.3, -0.25) is 0 Å². The van der Waals surface area contributed by atoms with Gasteiger partial charge in [0.05, 0.1) is 15.7 Å². The lowest BCUT2D eigenvalue weighted by Gasteiger charge is -2.21. The molecule has 1 aliphatic carbocycles. The summed E-state index contributed by atoms with van der Waals surface area (Å²) in [5, 5.41) is 7.87. The van der Waals surface area contributed by atoms with Gasteiger partial charge in [-0.05, 0) is 74.5 Å². The molecule has 7 aromatic carbocycles. The van der Waals surface area contributed by atoms with E-state index in [1.807, 2.05) is 11.3 Å². The highest BCUT2D eigenvalue weighted by Crippen LogP contribution is 2.50. The summed E-state index contributed by atoms with van der Waals surface area (Å²) in [6, 6.07) is 52.0. The molecule has 10 rings (SSSR count). The Morgan fingerprint density at radius 1 is 0.533 bits per heavy atom. The first-order valence-electron chi connectivity index (χ1n) is 15.7. The van der Waals surface area contributed by atoms with Crippen molar-refractivity contribution < 1.29 is 0 Å². The molecule has 2 aromatic heterocycles. The fourth-order valence-corrected chi connectivity index (χ4v) is 9.26. The van der Waals surface area contributed by atoms with Crippen LogP contribution in [-0.2, 0) is 5.41 Å². The van der Waals surface area contributed by atoms with Crippen LogP contribution in [0.1, 0.15) is 25.0 Å². The van der Waals surface area contributed by atoms with Crippen LogP contribution in [0.4, 0.5) is 0 Å². The summed E-state index contributed by atoms with van der Waals surface area (Å²) in [6.07, 6.45) is 0. The van der Waals surface area contributed by atoms with Crippen molar-refractivity contribution in [1.82, 2.24) is 4.57 Å². The van der Waals surface area contributed by atoms with Crippen LogP contribution < -0.4 is 0 Å². The first-order valence-corrected chi connectivity index (χ1v) is 16.5. The Morgan fingerprint density at radius 3 is 2.13 bits per heavy atom. The third kappa shape index (κ3) is 3.38. The van der Waals surface area contributed by atoms with Gasteiger partial charge < -0.3 is 4.57 Å². The molecule has 0 unspecified atom stereocenters. The number of thiophene rings is 1. The van der Waals surface area contributed by atoms with Crippen molar-refractivity contribution in [3.63, 3.8) is 0 Å². The Balaban J connectivity index is 1.20. The number of hydrogen-bond acceptors (Lipinski definition) is 1. The second kappa shape index (κ2) is 8.94. The predicted octanol–water partition coefficient (Wildman–Crippen LogP) is 12.3. The number of aromatic nitrogens is 1. The second-order valence-corrected chi connectivity index (χ2v) is 14.0. The van der Waals surface area contributed by atoms with E-state index in [2.05, 4.69) is 158 Å². The normalized spacial score (nSPS) is 13.7. The maximum absolute atomic E-state index is 2.50. The Kier molecular flexibility index (Phi) is 5.00.